The lowest BCUT2D eigenvalue weighted by Gasteiger charge is -2.11. The first-order valence-electron chi connectivity index (χ1n) is 7.33. The van der Waals surface area contributed by atoms with Gasteiger partial charge in [-0.05, 0) is 32.9 Å². The van der Waals surface area contributed by atoms with E-state index < -0.39 is 6.61 Å². The number of alkyl halides is 2. The predicted octanol–water partition coefficient (Wildman–Crippen LogP) is 4.25. The first-order chi connectivity index (χ1) is 11.4. The van der Waals surface area contributed by atoms with E-state index in [9.17, 15) is 13.6 Å². The zero-order chi connectivity index (χ0) is 17.7. The van der Waals surface area contributed by atoms with Gasteiger partial charge in [-0.3, -0.25) is 4.79 Å². The smallest absolute Gasteiger partial charge is 0.387 e. The molecule has 0 aliphatic heterocycles. The number of aryl methyl sites for hydroxylation is 2. The number of carbonyl (C=O) groups excluding carboxylic acids is 1. The van der Waals surface area contributed by atoms with E-state index in [4.69, 9.17) is 0 Å². The van der Waals surface area contributed by atoms with Crippen LogP contribution in [0, 0.1) is 13.8 Å². The Bertz CT molecular complexity index is 744. The first-order valence-corrected chi connectivity index (χ1v) is 8.15. The second-order valence-corrected chi connectivity index (χ2v) is 6.40. The van der Waals surface area contributed by atoms with Crippen LogP contribution in [0.25, 0.3) is 6.08 Å². The van der Waals surface area contributed by atoms with Crippen molar-refractivity contribution in [2.24, 2.45) is 0 Å². The zero-order valence-corrected chi connectivity index (χ0v) is 14.4. The van der Waals surface area contributed by atoms with Gasteiger partial charge in [0.15, 0.2) is 0 Å². The van der Waals surface area contributed by atoms with Crippen LogP contribution in [0.3, 0.4) is 0 Å². The van der Waals surface area contributed by atoms with Crippen LogP contribution in [0.1, 0.15) is 34.1 Å². The molecule has 128 valence electrons. The summed E-state index contributed by atoms with van der Waals surface area (Å²) >= 11 is 1.53. The van der Waals surface area contributed by atoms with Crippen LogP contribution < -0.4 is 10.1 Å². The summed E-state index contributed by atoms with van der Waals surface area (Å²) in [6.07, 6.45) is 2.75. The van der Waals surface area contributed by atoms with Gasteiger partial charge in [-0.15, -0.1) is 11.3 Å². The molecule has 1 aromatic heterocycles. The standard InChI is InChI=1S/C17H18F2N2O2S/c1-10-16(24-12(3)20-10)11(2)21-15(22)9-8-13-6-4-5-7-14(13)23-17(18)19/h4-9,11,17H,1-3H3,(H,21,22). The van der Waals surface area contributed by atoms with E-state index in [1.165, 1.54) is 29.6 Å². The maximum absolute atomic E-state index is 12.4. The highest BCUT2D eigenvalue weighted by Crippen LogP contribution is 2.24. The van der Waals surface area contributed by atoms with E-state index in [0.29, 0.717) is 5.56 Å². The van der Waals surface area contributed by atoms with Gasteiger partial charge in [-0.2, -0.15) is 8.78 Å². The number of aromatic nitrogens is 1. The Labute approximate surface area is 143 Å². The Kier molecular flexibility index (Phi) is 6.03. The van der Waals surface area contributed by atoms with Gasteiger partial charge in [0.05, 0.1) is 16.7 Å². The van der Waals surface area contributed by atoms with E-state index in [2.05, 4.69) is 15.0 Å². The molecule has 1 atom stereocenters. The van der Waals surface area contributed by atoms with Gasteiger partial charge in [-0.1, -0.05) is 18.2 Å². The molecule has 24 heavy (non-hydrogen) atoms. The van der Waals surface area contributed by atoms with Crippen LogP contribution >= 0.6 is 11.3 Å². The average Bonchev–Trinajstić information content (AvgIpc) is 2.84. The minimum absolute atomic E-state index is 0.0264. The Morgan fingerprint density at radius 3 is 2.67 bits per heavy atom. The number of amides is 1. The maximum Gasteiger partial charge on any atom is 0.387 e. The first kappa shape index (κ1) is 18.1. The topological polar surface area (TPSA) is 51.2 Å². The van der Waals surface area contributed by atoms with E-state index in [1.807, 2.05) is 20.8 Å². The SMILES string of the molecule is Cc1nc(C)c(C(C)NC(=O)C=Cc2ccccc2OC(F)F)s1. The minimum Gasteiger partial charge on any atom is -0.434 e. The normalized spacial score (nSPS) is 12.6. The summed E-state index contributed by atoms with van der Waals surface area (Å²) in [5.74, 6) is -0.293. The van der Waals surface area contributed by atoms with E-state index in [0.717, 1.165) is 15.6 Å². The molecule has 1 heterocycles. The largest absolute Gasteiger partial charge is 0.434 e. The molecule has 0 aliphatic rings. The van der Waals surface area contributed by atoms with Crippen LogP contribution in [0.2, 0.25) is 0 Å². The number of para-hydroxylation sites is 1. The monoisotopic (exact) mass is 352 g/mol. The number of ether oxygens (including phenoxy) is 1. The number of benzene rings is 1. The fraction of sp³-hybridized carbons (Fsp3) is 0.294. The molecule has 1 unspecified atom stereocenters. The van der Waals surface area contributed by atoms with Gasteiger partial charge in [0, 0.05) is 16.5 Å². The summed E-state index contributed by atoms with van der Waals surface area (Å²) in [6, 6.07) is 6.12. The molecule has 0 spiro atoms. The zero-order valence-electron chi connectivity index (χ0n) is 13.5. The fourth-order valence-corrected chi connectivity index (χ4v) is 3.19. The number of hydrogen-bond donors (Lipinski definition) is 1. The maximum atomic E-state index is 12.4. The molecule has 1 aromatic carbocycles. The van der Waals surface area contributed by atoms with Crippen molar-refractivity contribution in [2.45, 2.75) is 33.4 Å². The number of nitrogens with one attached hydrogen (secondary N) is 1. The molecular weight excluding hydrogens is 334 g/mol. The number of thiazole rings is 1. The Hall–Kier alpha value is -2.28. The second kappa shape index (κ2) is 8.01. The molecule has 0 fully saturated rings. The van der Waals surface area contributed by atoms with Crippen molar-refractivity contribution in [1.82, 2.24) is 10.3 Å². The molecule has 4 nitrogen and oxygen atoms in total. The van der Waals surface area contributed by atoms with Crippen molar-refractivity contribution < 1.29 is 18.3 Å². The van der Waals surface area contributed by atoms with E-state index >= 15 is 0 Å². The third-order valence-electron chi connectivity index (χ3n) is 3.24. The third kappa shape index (κ3) is 4.86. The van der Waals surface area contributed by atoms with Crippen molar-refractivity contribution >= 4 is 23.3 Å². The van der Waals surface area contributed by atoms with E-state index in [1.54, 1.807) is 18.2 Å². The van der Waals surface area contributed by atoms with E-state index in [-0.39, 0.29) is 17.7 Å². The highest BCUT2D eigenvalue weighted by molar-refractivity contribution is 7.11. The number of carbonyl (C=O) groups is 1. The molecule has 0 aliphatic carbocycles. The quantitative estimate of drug-likeness (QED) is 0.791. The summed E-state index contributed by atoms with van der Waals surface area (Å²) in [5.41, 5.74) is 1.30. The molecule has 7 heteroatoms. The van der Waals surface area contributed by atoms with Crippen molar-refractivity contribution in [3.8, 4) is 5.75 Å². The Morgan fingerprint density at radius 1 is 1.33 bits per heavy atom. The fourth-order valence-electron chi connectivity index (χ4n) is 2.26. The van der Waals surface area contributed by atoms with Crippen LogP contribution in [0.5, 0.6) is 5.75 Å². The van der Waals surface area contributed by atoms with Gasteiger partial charge < -0.3 is 10.1 Å². The second-order valence-electron chi connectivity index (χ2n) is 5.16. The predicted molar refractivity (Wildman–Crippen MR) is 90.3 cm³/mol. The summed E-state index contributed by atoms with van der Waals surface area (Å²) in [6.45, 7) is 2.77. The molecule has 0 radical (unpaired) electrons. The highest BCUT2D eigenvalue weighted by atomic mass is 32.1. The number of rotatable bonds is 6. The van der Waals surface area contributed by atoms with Gasteiger partial charge in [0.2, 0.25) is 5.91 Å². The minimum atomic E-state index is -2.91. The van der Waals surface area contributed by atoms with Crippen LogP contribution in [0.4, 0.5) is 8.78 Å². The van der Waals surface area contributed by atoms with Crippen LogP contribution in [-0.4, -0.2) is 17.5 Å². The number of halogens is 2. The van der Waals surface area contributed by atoms with Crippen molar-refractivity contribution in [3.63, 3.8) is 0 Å². The Morgan fingerprint density at radius 2 is 2.04 bits per heavy atom. The van der Waals surface area contributed by atoms with Crippen molar-refractivity contribution in [1.29, 1.82) is 0 Å². The van der Waals surface area contributed by atoms with Gasteiger partial charge in [-0.25, -0.2) is 4.98 Å². The summed E-state index contributed by atoms with van der Waals surface area (Å²) < 4.78 is 29.2. The molecule has 1 N–H and O–H groups in total. The summed E-state index contributed by atoms with van der Waals surface area (Å²) in [5, 5.41) is 3.78. The average molecular weight is 352 g/mol. The lowest BCUT2D eigenvalue weighted by molar-refractivity contribution is -0.117. The molecular formula is C17H18F2N2O2S. The molecule has 2 rings (SSSR count). The van der Waals surface area contributed by atoms with Crippen LogP contribution in [-0.2, 0) is 4.79 Å². The lowest BCUT2D eigenvalue weighted by Crippen LogP contribution is -2.24. The van der Waals surface area contributed by atoms with Crippen molar-refractivity contribution in [2.75, 3.05) is 0 Å². The molecule has 0 saturated carbocycles. The van der Waals surface area contributed by atoms with Crippen LogP contribution in [0.15, 0.2) is 30.3 Å². The number of hydrogen-bond acceptors (Lipinski definition) is 4. The van der Waals surface area contributed by atoms with Gasteiger partial charge in [0.25, 0.3) is 0 Å². The molecule has 0 saturated heterocycles. The van der Waals surface area contributed by atoms with Crippen molar-refractivity contribution in [3.05, 3.63) is 51.5 Å². The third-order valence-corrected chi connectivity index (χ3v) is 4.50. The lowest BCUT2D eigenvalue weighted by atomic mass is 10.2. The number of nitrogens with zero attached hydrogens (tertiary/aromatic N) is 1. The highest BCUT2D eigenvalue weighted by Gasteiger charge is 2.14. The molecule has 2 aromatic rings. The van der Waals surface area contributed by atoms with Gasteiger partial charge >= 0.3 is 6.61 Å². The molecule has 0 bridgehead atoms. The molecule has 1 amide bonds. The summed E-state index contributed by atoms with van der Waals surface area (Å²) in [4.78, 5) is 17.4. The Balaban J connectivity index is 2.04. The van der Waals surface area contributed by atoms with Gasteiger partial charge in [0.1, 0.15) is 5.75 Å². The summed E-state index contributed by atoms with van der Waals surface area (Å²) in [7, 11) is 0.